The summed E-state index contributed by atoms with van der Waals surface area (Å²) in [7, 11) is 2.45. The Balaban J connectivity index is 1.16. The first kappa shape index (κ1) is 31.5. The predicted octanol–water partition coefficient (Wildman–Crippen LogP) is 13.3. The van der Waals surface area contributed by atoms with Crippen LogP contribution in [0.3, 0.4) is 0 Å². The number of para-hydroxylation sites is 1. The zero-order chi connectivity index (χ0) is 36.7. The number of anilines is 3. The molecule has 56 heavy (non-hydrogen) atoms. The van der Waals surface area contributed by atoms with Crippen LogP contribution in [0.15, 0.2) is 188 Å². The lowest BCUT2D eigenvalue weighted by atomic mass is 9.57. The van der Waals surface area contributed by atoms with Gasteiger partial charge in [0.15, 0.2) is 7.28 Å². The topological polar surface area (TPSA) is 19.0 Å². The number of thiophene rings is 1. The standard InChI is InChI=1S/C52H32BN2S/c1-3-12-32(13-4-1)34-22-25-38(26-23-34)55-46-27-24-37(33-14-5-2-6-15-33)29-44(46)53-50-47(55)31-43-39-18-9-10-21-48(39)56-52(43)49(50)41-20-11-19-40-42-28-35-16-7-8-17-36(35)30-45(42)54-51(40)41/h1-31,54H. The Bertz CT molecular complexity index is 3330. The van der Waals surface area contributed by atoms with Gasteiger partial charge in [-0.25, -0.2) is 0 Å². The van der Waals surface area contributed by atoms with Crippen LogP contribution in [0, 0.1) is 0 Å². The first-order valence-corrected chi connectivity index (χ1v) is 20.0. The average molecular weight is 728 g/mol. The van der Waals surface area contributed by atoms with Crippen LogP contribution in [0.4, 0.5) is 17.1 Å². The number of hydrogen-bond acceptors (Lipinski definition) is 2. The maximum Gasteiger partial charge on any atom is 0.197 e. The molecule has 0 unspecified atom stereocenters. The van der Waals surface area contributed by atoms with Gasteiger partial charge in [0.25, 0.3) is 0 Å². The third-order valence-corrected chi connectivity index (χ3v) is 12.8. The summed E-state index contributed by atoms with van der Waals surface area (Å²) < 4.78 is 2.60. The van der Waals surface area contributed by atoms with Gasteiger partial charge in [-0.15, -0.1) is 11.3 Å². The molecule has 0 saturated carbocycles. The van der Waals surface area contributed by atoms with Gasteiger partial charge in [-0.05, 0) is 86.5 Å². The van der Waals surface area contributed by atoms with Gasteiger partial charge >= 0.3 is 0 Å². The van der Waals surface area contributed by atoms with Crippen LogP contribution in [0.2, 0.25) is 0 Å². The average Bonchev–Trinajstić information content (AvgIpc) is 3.82. The number of benzene rings is 9. The minimum atomic E-state index is 1.13. The molecule has 2 nitrogen and oxygen atoms in total. The Morgan fingerprint density at radius 3 is 1.93 bits per heavy atom. The summed E-state index contributed by atoms with van der Waals surface area (Å²) in [6, 6.07) is 68.9. The molecule has 2 aromatic heterocycles. The molecule has 0 amide bonds. The molecule has 0 atom stereocenters. The van der Waals surface area contributed by atoms with Gasteiger partial charge in [-0.1, -0.05) is 151 Å². The molecule has 3 heterocycles. The summed E-state index contributed by atoms with van der Waals surface area (Å²) in [5, 5.41) is 7.55. The first-order chi connectivity index (χ1) is 27.7. The second-order valence-corrected chi connectivity index (χ2v) is 15.8. The molecule has 0 bridgehead atoms. The lowest BCUT2D eigenvalue weighted by molar-refractivity contribution is 1.30. The fourth-order valence-electron chi connectivity index (χ4n) is 8.96. The van der Waals surface area contributed by atoms with Crippen LogP contribution in [0.5, 0.6) is 0 Å². The molecular formula is C52H32BN2S. The Hall–Kier alpha value is -6.88. The van der Waals surface area contributed by atoms with Gasteiger partial charge in [0.2, 0.25) is 0 Å². The number of aromatic amines is 1. The van der Waals surface area contributed by atoms with Crippen LogP contribution in [0.25, 0.3) is 86.1 Å². The maximum absolute atomic E-state index is 3.93. The molecule has 12 rings (SSSR count). The smallest absolute Gasteiger partial charge is 0.197 e. The highest BCUT2D eigenvalue weighted by Gasteiger charge is 2.31. The number of H-pyrrole nitrogens is 1. The highest BCUT2D eigenvalue weighted by molar-refractivity contribution is 7.26. The van der Waals surface area contributed by atoms with Crippen molar-refractivity contribution in [1.29, 1.82) is 0 Å². The maximum atomic E-state index is 3.93. The normalized spacial score (nSPS) is 12.4. The molecule has 0 saturated heterocycles. The second-order valence-electron chi connectivity index (χ2n) is 14.8. The van der Waals surface area contributed by atoms with Gasteiger partial charge in [0, 0.05) is 59.1 Å². The largest absolute Gasteiger partial charge is 0.354 e. The minimum Gasteiger partial charge on any atom is -0.354 e. The minimum absolute atomic E-state index is 1.13. The SMILES string of the molecule is [B]1c2cc(-c3ccccc3)ccc2N(c2ccc(-c3ccccc3)cc2)c2cc3c(sc4ccccc43)c(-c3cccc4c3[nH]c3cc5ccccc5cc34)c21. The van der Waals surface area contributed by atoms with Crippen molar-refractivity contribution in [2.45, 2.75) is 0 Å². The molecular weight excluding hydrogens is 695 g/mol. The van der Waals surface area contributed by atoms with Crippen molar-refractivity contribution in [3.8, 4) is 33.4 Å². The van der Waals surface area contributed by atoms with Gasteiger partial charge in [-0.3, -0.25) is 0 Å². The zero-order valence-electron chi connectivity index (χ0n) is 30.3. The Labute approximate surface area is 329 Å². The third kappa shape index (κ3) is 4.83. The fraction of sp³-hybridized carbons (Fsp3) is 0. The van der Waals surface area contributed by atoms with Gasteiger partial charge < -0.3 is 9.88 Å². The number of rotatable bonds is 4. The molecule has 1 radical (unpaired) electrons. The van der Waals surface area contributed by atoms with Crippen LogP contribution in [0.1, 0.15) is 0 Å². The van der Waals surface area contributed by atoms with Crippen molar-refractivity contribution in [2.75, 3.05) is 4.90 Å². The summed E-state index contributed by atoms with van der Waals surface area (Å²) in [5.74, 6) is 0. The van der Waals surface area contributed by atoms with E-state index in [4.69, 9.17) is 0 Å². The predicted molar refractivity (Wildman–Crippen MR) is 242 cm³/mol. The summed E-state index contributed by atoms with van der Waals surface area (Å²) >= 11 is 1.90. The molecule has 259 valence electrons. The number of hydrogen-bond donors (Lipinski definition) is 1. The summed E-state index contributed by atoms with van der Waals surface area (Å²) in [5.41, 5.74) is 15.6. The monoisotopic (exact) mass is 727 g/mol. The lowest BCUT2D eigenvalue weighted by Gasteiger charge is -2.35. The number of nitrogens with zero attached hydrogens (tertiary/aromatic N) is 1. The second kappa shape index (κ2) is 12.3. The molecule has 0 fully saturated rings. The molecule has 1 aliphatic rings. The molecule has 1 N–H and O–H groups in total. The molecule has 4 heteroatoms. The fourth-order valence-corrected chi connectivity index (χ4v) is 10.2. The van der Waals surface area contributed by atoms with E-state index in [0.29, 0.717) is 0 Å². The van der Waals surface area contributed by atoms with E-state index < -0.39 is 0 Å². The quantitative estimate of drug-likeness (QED) is 0.179. The molecule has 9 aromatic carbocycles. The van der Waals surface area contributed by atoms with E-state index in [9.17, 15) is 0 Å². The highest BCUT2D eigenvalue weighted by atomic mass is 32.1. The van der Waals surface area contributed by atoms with Crippen molar-refractivity contribution >= 4 is 99.4 Å². The third-order valence-electron chi connectivity index (χ3n) is 11.6. The number of fused-ring (bicyclic) bond motifs is 9. The Morgan fingerprint density at radius 2 is 1.12 bits per heavy atom. The molecule has 11 aromatic rings. The van der Waals surface area contributed by atoms with Gasteiger partial charge in [-0.2, -0.15) is 0 Å². The van der Waals surface area contributed by atoms with E-state index in [-0.39, 0.29) is 0 Å². The number of aromatic nitrogens is 1. The van der Waals surface area contributed by atoms with E-state index in [1.54, 1.807) is 0 Å². The Morgan fingerprint density at radius 1 is 0.464 bits per heavy atom. The van der Waals surface area contributed by atoms with E-state index in [1.807, 2.05) is 11.3 Å². The summed E-state index contributed by atoms with van der Waals surface area (Å²) in [4.78, 5) is 6.42. The number of nitrogens with one attached hydrogen (secondary N) is 1. The summed E-state index contributed by atoms with van der Waals surface area (Å²) in [6.45, 7) is 0. The van der Waals surface area contributed by atoms with Crippen molar-refractivity contribution < 1.29 is 0 Å². The van der Waals surface area contributed by atoms with E-state index >= 15 is 0 Å². The van der Waals surface area contributed by atoms with E-state index in [1.165, 1.54) is 103 Å². The van der Waals surface area contributed by atoms with Crippen LogP contribution >= 0.6 is 11.3 Å². The van der Waals surface area contributed by atoms with Crippen LogP contribution in [-0.2, 0) is 0 Å². The molecule has 0 spiro atoms. The lowest BCUT2D eigenvalue weighted by Crippen LogP contribution is -2.41. The Kier molecular flexibility index (Phi) is 6.93. The van der Waals surface area contributed by atoms with Crippen molar-refractivity contribution in [1.82, 2.24) is 4.98 Å². The van der Waals surface area contributed by atoms with Crippen LogP contribution < -0.4 is 15.8 Å². The van der Waals surface area contributed by atoms with E-state index in [0.717, 1.165) is 11.2 Å². The van der Waals surface area contributed by atoms with Gasteiger partial charge in [0.1, 0.15) is 0 Å². The zero-order valence-corrected chi connectivity index (χ0v) is 31.1. The molecule has 1 aliphatic heterocycles. The molecule has 0 aliphatic carbocycles. The summed E-state index contributed by atoms with van der Waals surface area (Å²) in [6.07, 6.45) is 0. The highest BCUT2D eigenvalue weighted by Crippen LogP contribution is 2.47. The van der Waals surface area contributed by atoms with E-state index in [2.05, 4.69) is 205 Å². The van der Waals surface area contributed by atoms with Crippen LogP contribution in [-0.4, -0.2) is 12.3 Å². The van der Waals surface area contributed by atoms with Crippen molar-refractivity contribution in [2.24, 2.45) is 0 Å². The van der Waals surface area contributed by atoms with Gasteiger partial charge in [0.05, 0.1) is 5.52 Å². The van der Waals surface area contributed by atoms with Crippen molar-refractivity contribution in [3.05, 3.63) is 188 Å². The van der Waals surface area contributed by atoms with Crippen molar-refractivity contribution in [3.63, 3.8) is 0 Å². The first-order valence-electron chi connectivity index (χ1n) is 19.2.